The highest BCUT2D eigenvalue weighted by molar-refractivity contribution is 5.99. The van der Waals surface area contributed by atoms with Gasteiger partial charge < -0.3 is 19.1 Å². The van der Waals surface area contributed by atoms with Crippen molar-refractivity contribution >= 4 is 17.8 Å². The SMILES string of the molecule is CONC(C1=NOCCO1)c1ccccc1C=NN=C(C)c1ccc(OC(F)(F)F)cc1. The number of ether oxygens (including phenoxy) is 2. The summed E-state index contributed by atoms with van der Waals surface area (Å²) in [4.78, 5) is 10.2. The highest BCUT2D eigenvalue weighted by Gasteiger charge is 2.31. The lowest BCUT2D eigenvalue weighted by Crippen LogP contribution is -2.33. The van der Waals surface area contributed by atoms with Crippen LogP contribution in [-0.4, -0.2) is 44.5 Å². The molecule has 170 valence electrons. The zero-order chi connectivity index (χ0) is 23.0. The molecule has 8 nitrogen and oxygen atoms in total. The third kappa shape index (κ3) is 6.53. The predicted octanol–water partition coefficient (Wildman–Crippen LogP) is 3.98. The Morgan fingerprint density at radius 2 is 1.91 bits per heavy atom. The lowest BCUT2D eigenvalue weighted by Gasteiger charge is -2.23. The third-order valence-corrected chi connectivity index (χ3v) is 4.28. The van der Waals surface area contributed by atoms with Crippen LogP contribution in [0.3, 0.4) is 0 Å². The van der Waals surface area contributed by atoms with Gasteiger partial charge in [-0.25, -0.2) is 0 Å². The van der Waals surface area contributed by atoms with Gasteiger partial charge in [-0.2, -0.15) is 15.7 Å². The van der Waals surface area contributed by atoms with E-state index in [9.17, 15) is 13.2 Å². The van der Waals surface area contributed by atoms with E-state index in [0.29, 0.717) is 30.4 Å². The van der Waals surface area contributed by atoms with Gasteiger partial charge in [-0.05, 0) is 53.0 Å². The maximum Gasteiger partial charge on any atom is 0.573 e. The molecule has 1 aliphatic heterocycles. The summed E-state index contributed by atoms with van der Waals surface area (Å²) in [5.74, 6) is 0.0137. The number of hydrogen-bond donors (Lipinski definition) is 1. The zero-order valence-electron chi connectivity index (χ0n) is 17.3. The van der Waals surface area contributed by atoms with Crippen LogP contribution < -0.4 is 10.2 Å². The van der Waals surface area contributed by atoms with Crippen LogP contribution in [0, 0.1) is 0 Å². The quantitative estimate of drug-likeness (QED) is 0.486. The second kappa shape index (κ2) is 10.7. The first kappa shape index (κ1) is 23.2. The number of oxime groups is 1. The van der Waals surface area contributed by atoms with Gasteiger partial charge in [0.25, 0.3) is 0 Å². The van der Waals surface area contributed by atoms with Crippen LogP contribution in [0.1, 0.15) is 29.7 Å². The van der Waals surface area contributed by atoms with Gasteiger partial charge in [0.05, 0.1) is 19.0 Å². The standard InChI is InChI=1S/C21H21F3N4O4/c1-14(15-7-9-17(10-8-15)32-21(22,23)24)26-25-13-16-5-3-4-6-18(16)19(27-29-2)20-28-31-12-11-30-20/h3-10,13,19,27H,11-12H2,1-2H3. The summed E-state index contributed by atoms with van der Waals surface area (Å²) >= 11 is 0. The van der Waals surface area contributed by atoms with Gasteiger partial charge in [0, 0.05) is 0 Å². The molecule has 1 aliphatic rings. The van der Waals surface area contributed by atoms with Crippen molar-refractivity contribution in [3.05, 3.63) is 65.2 Å². The van der Waals surface area contributed by atoms with Crippen LogP contribution >= 0.6 is 0 Å². The van der Waals surface area contributed by atoms with Gasteiger partial charge in [-0.15, -0.1) is 13.2 Å². The Hall–Kier alpha value is -3.44. The minimum Gasteiger partial charge on any atom is -0.473 e. The first-order chi connectivity index (χ1) is 15.4. The molecule has 0 radical (unpaired) electrons. The number of nitrogens with one attached hydrogen (secondary N) is 1. The smallest absolute Gasteiger partial charge is 0.473 e. The number of hydroxylamine groups is 1. The van der Waals surface area contributed by atoms with E-state index in [-0.39, 0.29) is 5.75 Å². The van der Waals surface area contributed by atoms with E-state index in [4.69, 9.17) is 14.4 Å². The second-order valence-corrected chi connectivity index (χ2v) is 6.50. The van der Waals surface area contributed by atoms with Gasteiger partial charge in [0.2, 0.25) is 5.90 Å². The number of halogens is 3. The summed E-state index contributed by atoms with van der Waals surface area (Å²) in [6, 6.07) is 12.2. The predicted molar refractivity (Wildman–Crippen MR) is 112 cm³/mol. The Bertz CT molecular complexity index is 991. The maximum absolute atomic E-state index is 12.3. The Kier molecular flexibility index (Phi) is 7.79. The number of alkyl halides is 3. The molecule has 0 bridgehead atoms. The maximum atomic E-state index is 12.3. The fourth-order valence-electron chi connectivity index (χ4n) is 2.84. The van der Waals surface area contributed by atoms with Crippen molar-refractivity contribution in [2.24, 2.45) is 15.4 Å². The minimum absolute atomic E-state index is 0.306. The van der Waals surface area contributed by atoms with Gasteiger partial charge >= 0.3 is 6.36 Å². The summed E-state index contributed by atoms with van der Waals surface area (Å²) in [6.45, 7) is 2.43. The van der Waals surface area contributed by atoms with E-state index >= 15 is 0 Å². The molecule has 1 atom stereocenters. The van der Waals surface area contributed by atoms with E-state index in [0.717, 1.165) is 11.1 Å². The van der Waals surface area contributed by atoms with E-state index in [1.54, 1.807) is 13.1 Å². The largest absolute Gasteiger partial charge is 0.573 e. The fraction of sp³-hybridized carbons (Fsp3) is 0.286. The van der Waals surface area contributed by atoms with E-state index in [2.05, 4.69) is 25.6 Å². The average molecular weight is 450 g/mol. The van der Waals surface area contributed by atoms with Crippen molar-refractivity contribution in [1.29, 1.82) is 0 Å². The molecule has 0 saturated carbocycles. The van der Waals surface area contributed by atoms with Gasteiger partial charge in [0.1, 0.15) is 18.4 Å². The number of hydrogen-bond acceptors (Lipinski definition) is 8. The molecule has 1 N–H and O–H groups in total. The van der Waals surface area contributed by atoms with Crippen LogP contribution in [0.25, 0.3) is 0 Å². The molecule has 2 aromatic carbocycles. The van der Waals surface area contributed by atoms with Crippen molar-refractivity contribution in [1.82, 2.24) is 5.48 Å². The second-order valence-electron chi connectivity index (χ2n) is 6.50. The lowest BCUT2D eigenvalue weighted by molar-refractivity contribution is -0.274. The Labute approximate surface area is 182 Å². The van der Waals surface area contributed by atoms with Crippen LogP contribution in [0.5, 0.6) is 5.75 Å². The minimum atomic E-state index is -4.74. The van der Waals surface area contributed by atoms with E-state index in [1.165, 1.54) is 31.4 Å². The molecule has 0 amide bonds. The van der Waals surface area contributed by atoms with Crippen LogP contribution in [-0.2, 0) is 14.4 Å². The van der Waals surface area contributed by atoms with E-state index in [1.807, 2.05) is 24.3 Å². The van der Waals surface area contributed by atoms with Crippen molar-refractivity contribution in [3.63, 3.8) is 0 Å². The molecule has 0 spiro atoms. The molecule has 0 aromatic heterocycles. The first-order valence-corrected chi connectivity index (χ1v) is 9.51. The molecule has 2 aromatic rings. The highest BCUT2D eigenvalue weighted by Crippen LogP contribution is 2.23. The zero-order valence-corrected chi connectivity index (χ0v) is 17.3. The van der Waals surface area contributed by atoms with Gasteiger partial charge in [-0.3, -0.25) is 0 Å². The van der Waals surface area contributed by atoms with Crippen LogP contribution in [0.4, 0.5) is 13.2 Å². The summed E-state index contributed by atoms with van der Waals surface area (Å²) in [7, 11) is 1.48. The van der Waals surface area contributed by atoms with Gasteiger partial charge in [0.15, 0.2) is 6.61 Å². The molecule has 0 saturated heterocycles. The molecular weight excluding hydrogens is 429 g/mol. The Morgan fingerprint density at radius 3 is 2.56 bits per heavy atom. The van der Waals surface area contributed by atoms with E-state index < -0.39 is 12.4 Å². The molecule has 1 unspecified atom stereocenters. The average Bonchev–Trinajstić information content (AvgIpc) is 2.78. The molecule has 11 heteroatoms. The molecule has 1 heterocycles. The molecule has 0 aliphatic carbocycles. The molecule has 0 fully saturated rings. The number of benzene rings is 2. The van der Waals surface area contributed by atoms with Crippen molar-refractivity contribution in [2.45, 2.75) is 19.3 Å². The monoisotopic (exact) mass is 450 g/mol. The Morgan fingerprint density at radius 1 is 1.16 bits per heavy atom. The number of rotatable bonds is 8. The number of nitrogens with zero attached hydrogens (tertiary/aromatic N) is 3. The molecular formula is C21H21F3N4O4. The summed E-state index contributed by atoms with van der Waals surface area (Å²) in [6.07, 6.45) is -3.19. The molecule has 3 rings (SSSR count). The molecule has 32 heavy (non-hydrogen) atoms. The van der Waals surface area contributed by atoms with Crippen molar-refractivity contribution in [2.75, 3.05) is 20.3 Å². The van der Waals surface area contributed by atoms with Gasteiger partial charge in [-0.1, -0.05) is 24.3 Å². The topological polar surface area (TPSA) is 86.0 Å². The fourth-order valence-corrected chi connectivity index (χ4v) is 2.84. The first-order valence-electron chi connectivity index (χ1n) is 9.51. The van der Waals surface area contributed by atoms with Crippen molar-refractivity contribution in [3.8, 4) is 5.75 Å². The van der Waals surface area contributed by atoms with Crippen LogP contribution in [0.15, 0.2) is 63.9 Å². The van der Waals surface area contributed by atoms with Crippen LogP contribution in [0.2, 0.25) is 0 Å². The summed E-state index contributed by atoms with van der Waals surface area (Å²) < 4.78 is 46.3. The lowest BCUT2D eigenvalue weighted by atomic mass is 10.0. The Balaban J connectivity index is 1.77. The summed E-state index contributed by atoms with van der Waals surface area (Å²) in [5.41, 5.74) is 5.44. The summed E-state index contributed by atoms with van der Waals surface area (Å²) in [5, 5.41) is 12.2. The normalized spacial score (nSPS) is 15.7. The van der Waals surface area contributed by atoms with Crippen molar-refractivity contribution < 1.29 is 32.3 Å². The third-order valence-electron chi connectivity index (χ3n) is 4.28. The highest BCUT2D eigenvalue weighted by atomic mass is 19.4.